The van der Waals surface area contributed by atoms with E-state index in [1.54, 1.807) is 0 Å². The maximum Gasteiger partial charge on any atom is 0.328 e. The topological polar surface area (TPSA) is 191 Å². The van der Waals surface area contributed by atoms with Gasteiger partial charge in [0.05, 0.1) is 19.1 Å². The van der Waals surface area contributed by atoms with Crippen molar-refractivity contribution in [3.63, 3.8) is 0 Å². The quantitative estimate of drug-likeness (QED) is 0.226. The van der Waals surface area contributed by atoms with E-state index in [9.17, 15) is 24.0 Å². The van der Waals surface area contributed by atoms with Gasteiger partial charge in [-0.25, -0.2) is 4.79 Å². The van der Waals surface area contributed by atoms with Crippen molar-refractivity contribution >= 4 is 29.6 Å². The number of aliphatic hydroxyl groups excluding tert-OH is 1. The van der Waals surface area contributed by atoms with Crippen LogP contribution < -0.4 is 21.7 Å². The van der Waals surface area contributed by atoms with Gasteiger partial charge in [0.15, 0.2) is 0 Å². The van der Waals surface area contributed by atoms with E-state index in [4.69, 9.17) is 15.9 Å². The Balaban J connectivity index is 2.09. The maximum atomic E-state index is 13.0. The van der Waals surface area contributed by atoms with E-state index < -0.39 is 66.8 Å². The van der Waals surface area contributed by atoms with Gasteiger partial charge in [0.2, 0.25) is 23.6 Å². The van der Waals surface area contributed by atoms with Gasteiger partial charge in [-0.2, -0.15) is 0 Å². The zero-order valence-corrected chi connectivity index (χ0v) is 15.9. The number of carbonyl (C=O) groups is 5. The van der Waals surface area contributed by atoms with Crippen LogP contribution in [0.5, 0.6) is 0 Å². The van der Waals surface area contributed by atoms with Crippen LogP contribution >= 0.6 is 0 Å². The van der Waals surface area contributed by atoms with Crippen LogP contribution in [0.15, 0.2) is 0 Å². The molecule has 4 amide bonds. The number of nitrogens with zero attached hydrogens (tertiary/aromatic N) is 1. The van der Waals surface area contributed by atoms with Crippen molar-refractivity contribution in [2.75, 3.05) is 19.7 Å². The lowest BCUT2D eigenvalue weighted by Gasteiger charge is -2.29. The highest BCUT2D eigenvalue weighted by molar-refractivity contribution is 5.96. The third-order valence-corrected chi connectivity index (χ3v) is 5.03. The first-order chi connectivity index (χ1) is 13.7. The monoisotopic (exact) mass is 413 g/mol. The molecule has 7 N–H and O–H groups in total. The van der Waals surface area contributed by atoms with Crippen LogP contribution in [0.3, 0.4) is 0 Å². The molecule has 4 unspecified atom stereocenters. The van der Waals surface area contributed by atoms with E-state index in [0.29, 0.717) is 19.4 Å². The Morgan fingerprint density at radius 2 is 1.76 bits per heavy atom. The Kier molecular flexibility index (Phi) is 7.91. The molecule has 2 aliphatic heterocycles. The number of aliphatic carboxylic acids is 1. The summed E-state index contributed by atoms with van der Waals surface area (Å²) in [5.41, 5.74) is 5.22. The lowest BCUT2D eigenvalue weighted by molar-refractivity contribution is -0.146. The van der Waals surface area contributed by atoms with Crippen molar-refractivity contribution in [1.29, 1.82) is 0 Å². The van der Waals surface area contributed by atoms with E-state index in [1.807, 2.05) is 0 Å². The third-order valence-electron chi connectivity index (χ3n) is 5.03. The average Bonchev–Trinajstić information content (AvgIpc) is 3.35. The Hall–Kier alpha value is -2.73. The molecule has 2 saturated heterocycles. The molecule has 0 aromatic carbocycles. The molecule has 0 aromatic rings. The predicted molar refractivity (Wildman–Crippen MR) is 98.2 cm³/mol. The molecule has 29 heavy (non-hydrogen) atoms. The Morgan fingerprint density at radius 3 is 2.31 bits per heavy atom. The van der Waals surface area contributed by atoms with Gasteiger partial charge < -0.3 is 36.8 Å². The molecule has 0 saturated carbocycles. The molecule has 0 spiro atoms. The first kappa shape index (κ1) is 22.6. The van der Waals surface area contributed by atoms with E-state index in [0.717, 1.165) is 6.42 Å². The van der Waals surface area contributed by atoms with Gasteiger partial charge in [0, 0.05) is 6.54 Å². The lowest BCUT2D eigenvalue weighted by atomic mass is 10.1. The number of aliphatic hydroxyl groups is 1. The highest BCUT2D eigenvalue weighted by Gasteiger charge is 2.39. The summed E-state index contributed by atoms with van der Waals surface area (Å²) in [7, 11) is 0. The highest BCUT2D eigenvalue weighted by atomic mass is 16.4. The first-order valence-corrected chi connectivity index (χ1v) is 9.51. The second-order valence-corrected chi connectivity index (χ2v) is 7.15. The Bertz CT molecular complexity index is 665. The minimum atomic E-state index is -1.49. The molecule has 0 aromatic heterocycles. The second-order valence-electron chi connectivity index (χ2n) is 7.15. The van der Waals surface area contributed by atoms with Gasteiger partial charge in [0.1, 0.15) is 18.1 Å². The average molecular weight is 413 g/mol. The standard InChI is InChI=1S/C17H27N5O7/c18-13(24)7-10(20-14(25)9-3-1-5-19-9)16(27)22-6-2-4-12(22)15(26)21-11(8-23)17(28)29/h9-12,19,23H,1-8H2,(H2,18,24)(H,20,25)(H,21,26)(H,28,29). The number of nitrogens with two attached hydrogens (primary N) is 1. The summed E-state index contributed by atoms with van der Waals surface area (Å²) < 4.78 is 0. The number of hydrogen-bond donors (Lipinski definition) is 6. The summed E-state index contributed by atoms with van der Waals surface area (Å²) >= 11 is 0. The van der Waals surface area contributed by atoms with E-state index in [1.165, 1.54) is 4.90 Å². The highest BCUT2D eigenvalue weighted by Crippen LogP contribution is 2.20. The van der Waals surface area contributed by atoms with E-state index >= 15 is 0 Å². The van der Waals surface area contributed by atoms with Crippen LogP contribution in [-0.4, -0.2) is 88.6 Å². The number of hydrogen-bond acceptors (Lipinski definition) is 7. The maximum absolute atomic E-state index is 13.0. The second kappa shape index (κ2) is 10.2. The van der Waals surface area contributed by atoms with Crippen LogP contribution in [0.4, 0.5) is 0 Å². The molecule has 162 valence electrons. The number of nitrogens with one attached hydrogen (secondary N) is 3. The van der Waals surface area contributed by atoms with Crippen LogP contribution in [0.1, 0.15) is 32.1 Å². The summed E-state index contributed by atoms with van der Waals surface area (Å²) in [6.45, 7) is 0.0908. The number of rotatable bonds is 9. The van der Waals surface area contributed by atoms with Gasteiger partial charge in [0.25, 0.3) is 0 Å². The van der Waals surface area contributed by atoms with Crippen LogP contribution in [-0.2, 0) is 24.0 Å². The fourth-order valence-corrected chi connectivity index (χ4v) is 3.54. The third kappa shape index (κ3) is 5.87. The normalized spacial score (nSPS) is 23.3. The Labute approximate surface area is 167 Å². The van der Waals surface area contributed by atoms with Gasteiger partial charge in [-0.05, 0) is 32.2 Å². The summed E-state index contributed by atoms with van der Waals surface area (Å²) in [5.74, 6) is -3.97. The smallest absolute Gasteiger partial charge is 0.328 e. The number of primary amides is 1. The summed E-state index contributed by atoms with van der Waals surface area (Å²) in [6, 6.07) is -4.14. The van der Waals surface area contributed by atoms with E-state index in [2.05, 4.69) is 16.0 Å². The predicted octanol–water partition coefficient (Wildman–Crippen LogP) is -3.35. The van der Waals surface area contributed by atoms with Crippen LogP contribution in [0, 0.1) is 0 Å². The van der Waals surface area contributed by atoms with Crippen molar-refractivity contribution < 1.29 is 34.2 Å². The van der Waals surface area contributed by atoms with Gasteiger partial charge in [-0.3, -0.25) is 19.2 Å². The summed E-state index contributed by atoms with van der Waals surface area (Å²) in [6.07, 6.45) is 1.78. The molecule has 2 rings (SSSR count). The minimum absolute atomic E-state index is 0.209. The van der Waals surface area contributed by atoms with Gasteiger partial charge in [-0.1, -0.05) is 0 Å². The number of amides is 4. The van der Waals surface area contributed by atoms with Crippen LogP contribution in [0.2, 0.25) is 0 Å². The van der Waals surface area contributed by atoms with Crippen molar-refractivity contribution in [3.8, 4) is 0 Å². The van der Waals surface area contributed by atoms with Gasteiger partial charge >= 0.3 is 5.97 Å². The SMILES string of the molecule is NC(=O)CC(NC(=O)C1CCCN1)C(=O)N1CCCC1C(=O)NC(CO)C(=O)O. The molecule has 4 atom stereocenters. The molecular formula is C17H27N5O7. The number of carboxylic acid groups (broad SMARTS) is 1. The molecule has 12 heteroatoms. The molecule has 2 fully saturated rings. The Morgan fingerprint density at radius 1 is 1.07 bits per heavy atom. The van der Waals surface area contributed by atoms with Crippen molar-refractivity contribution in [2.45, 2.75) is 56.3 Å². The van der Waals surface area contributed by atoms with Gasteiger partial charge in [-0.15, -0.1) is 0 Å². The number of likely N-dealkylation sites (tertiary alicyclic amines) is 1. The van der Waals surface area contributed by atoms with Crippen LogP contribution in [0.25, 0.3) is 0 Å². The van der Waals surface area contributed by atoms with Crippen molar-refractivity contribution in [3.05, 3.63) is 0 Å². The van der Waals surface area contributed by atoms with Crippen molar-refractivity contribution in [2.24, 2.45) is 5.73 Å². The fourth-order valence-electron chi connectivity index (χ4n) is 3.54. The molecule has 0 radical (unpaired) electrons. The zero-order chi connectivity index (χ0) is 21.6. The number of carboxylic acids is 1. The summed E-state index contributed by atoms with van der Waals surface area (Å²) in [5, 5.41) is 25.8. The molecule has 2 heterocycles. The van der Waals surface area contributed by atoms with Crippen molar-refractivity contribution in [1.82, 2.24) is 20.9 Å². The number of carbonyl (C=O) groups excluding carboxylic acids is 4. The minimum Gasteiger partial charge on any atom is -0.480 e. The lowest BCUT2D eigenvalue weighted by Crippen LogP contribution is -2.57. The molecule has 0 bridgehead atoms. The molecule has 2 aliphatic rings. The zero-order valence-electron chi connectivity index (χ0n) is 15.9. The fraction of sp³-hybridized carbons (Fsp3) is 0.706. The first-order valence-electron chi connectivity index (χ1n) is 9.51. The largest absolute Gasteiger partial charge is 0.480 e. The van der Waals surface area contributed by atoms with E-state index in [-0.39, 0.29) is 13.0 Å². The molecule has 0 aliphatic carbocycles. The molecule has 12 nitrogen and oxygen atoms in total. The summed E-state index contributed by atoms with van der Waals surface area (Å²) in [4.78, 5) is 61.4. The molecular weight excluding hydrogens is 386 g/mol.